The quantitative estimate of drug-likeness (QED) is 0.805. The molecule has 0 bridgehead atoms. The van der Waals surface area contributed by atoms with E-state index in [0.717, 1.165) is 9.35 Å². The van der Waals surface area contributed by atoms with Gasteiger partial charge in [0.1, 0.15) is 4.90 Å². The van der Waals surface area contributed by atoms with Gasteiger partial charge in [0.2, 0.25) is 10.0 Å². The van der Waals surface area contributed by atoms with Crippen LogP contribution in [0.1, 0.15) is 4.88 Å². The SMILES string of the molecule is CN(Cc1cc(Br)cs1)S(=O)(=O)c1c(N)cccc1Cl. The molecular formula is C12H12BrClN2O2S2. The maximum atomic E-state index is 12.5. The molecule has 2 rings (SSSR count). The van der Waals surface area contributed by atoms with Crippen molar-refractivity contribution in [1.82, 2.24) is 4.31 Å². The van der Waals surface area contributed by atoms with Gasteiger partial charge < -0.3 is 5.73 Å². The maximum absolute atomic E-state index is 12.5. The van der Waals surface area contributed by atoms with E-state index in [1.165, 1.54) is 34.8 Å². The van der Waals surface area contributed by atoms with E-state index in [2.05, 4.69) is 15.9 Å². The van der Waals surface area contributed by atoms with Crippen molar-refractivity contribution in [1.29, 1.82) is 0 Å². The van der Waals surface area contributed by atoms with Crippen molar-refractivity contribution in [3.63, 3.8) is 0 Å². The lowest BCUT2D eigenvalue weighted by molar-refractivity contribution is 0.470. The fourth-order valence-electron chi connectivity index (χ4n) is 1.69. The molecular weight excluding hydrogens is 384 g/mol. The molecule has 0 radical (unpaired) electrons. The fourth-order valence-corrected chi connectivity index (χ4v) is 5.06. The molecule has 1 aromatic carbocycles. The second-order valence-electron chi connectivity index (χ2n) is 4.15. The number of nitrogens with two attached hydrogens (primary N) is 1. The second-order valence-corrected chi connectivity index (χ2v) is 8.45. The standard InChI is InChI=1S/C12H12BrClN2O2S2/c1-16(6-9-5-8(13)7-19-9)20(17,18)12-10(14)3-2-4-11(12)15/h2-5,7H,6,15H2,1H3. The summed E-state index contributed by atoms with van der Waals surface area (Å²) >= 11 is 10.8. The first-order valence-electron chi connectivity index (χ1n) is 5.55. The van der Waals surface area contributed by atoms with Crippen LogP contribution in [-0.4, -0.2) is 19.8 Å². The predicted molar refractivity (Wildman–Crippen MR) is 86.5 cm³/mol. The number of hydrogen-bond acceptors (Lipinski definition) is 4. The Morgan fingerprint density at radius 2 is 2.15 bits per heavy atom. The normalized spacial score (nSPS) is 12.0. The van der Waals surface area contributed by atoms with Gasteiger partial charge in [0.15, 0.2) is 0 Å². The Kier molecular flexibility index (Phi) is 4.76. The zero-order valence-corrected chi connectivity index (χ0v) is 14.5. The molecule has 0 saturated carbocycles. The zero-order chi connectivity index (χ0) is 14.9. The van der Waals surface area contributed by atoms with Gasteiger partial charge in [0, 0.05) is 28.3 Å². The molecule has 2 aromatic rings. The third-order valence-electron chi connectivity index (χ3n) is 2.67. The van der Waals surface area contributed by atoms with Gasteiger partial charge in [-0.1, -0.05) is 17.7 Å². The number of thiophene rings is 1. The van der Waals surface area contributed by atoms with E-state index >= 15 is 0 Å². The van der Waals surface area contributed by atoms with Crippen molar-refractivity contribution < 1.29 is 8.42 Å². The second kappa shape index (κ2) is 6.03. The van der Waals surface area contributed by atoms with Crippen molar-refractivity contribution in [3.8, 4) is 0 Å². The van der Waals surface area contributed by atoms with Crippen LogP contribution in [0.5, 0.6) is 0 Å². The van der Waals surface area contributed by atoms with Gasteiger partial charge in [0.25, 0.3) is 0 Å². The summed E-state index contributed by atoms with van der Waals surface area (Å²) in [7, 11) is -2.22. The lowest BCUT2D eigenvalue weighted by Crippen LogP contribution is -2.27. The molecule has 108 valence electrons. The molecule has 0 aliphatic rings. The zero-order valence-electron chi connectivity index (χ0n) is 10.5. The van der Waals surface area contributed by atoms with Crippen molar-refractivity contribution in [2.45, 2.75) is 11.4 Å². The van der Waals surface area contributed by atoms with Crippen LogP contribution in [0.4, 0.5) is 5.69 Å². The molecule has 0 aliphatic heterocycles. The summed E-state index contributed by atoms with van der Waals surface area (Å²) in [6.45, 7) is 0.267. The van der Waals surface area contributed by atoms with Gasteiger partial charge in [-0.25, -0.2) is 8.42 Å². The Hall–Kier alpha value is -0.600. The van der Waals surface area contributed by atoms with Crippen LogP contribution in [0.25, 0.3) is 0 Å². The third kappa shape index (κ3) is 3.17. The molecule has 4 nitrogen and oxygen atoms in total. The number of halogens is 2. The molecule has 0 saturated heterocycles. The highest BCUT2D eigenvalue weighted by Gasteiger charge is 2.26. The molecule has 20 heavy (non-hydrogen) atoms. The van der Waals surface area contributed by atoms with Gasteiger partial charge in [-0.2, -0.15) is 4.31 Å². The predicted octanol–water partition coefficient (Wildman–Crippen LogP) is 3.57. The van der Waals surface area contributed by atoms with E-state index in [1.807, 2.05) is 11.4 Å². The molecule has 8 heteroatoms. The van der Waals surface area contributed by atoms with Crippen LogP contribution in [0.2, 0.25) is 5.02 Å². The first-order chi connectivity index (χ1) is 9.32. The number of nitrogens with zero attached hydrogens (tertiary/aromatic N) is 1. The summed E-state index contributed by atoms with van der Waals surface area (Å²) in [4.78, 5) is 0.883. The van der Waals surface area contributed by atoms with E-state index in [4.69, 9.17) is 17.3 Å². The molecule has 1 aromatic heterocycles. The van der Waals surface area contributed by atoms with Crippen LogP contribution < -0.4 is 5.73 Å². The Morgan fingerprint density at radius 3 is 2.70 bits per heavy atom. The number of rotatable bonds is 4. The summed E-state index contributed by atoms with van der Waals surface area (Å²) in [5, 5.41) is 2.03. The van der Waals surface area contributed by atoms with E-state index in [9.17, 15) is 8.42 Å². The van der Waals surface area contributed by atoms with Gasteiger partial charge in [-0.3, -0.25) is 0 Å². The molecule has 1 heterocycles. The van der Waals surface area contributed by atoms with Crippen molar-refractivity contribution in [3.05, 3.63) is 44.0 Å². The van der Waals surface area contributed by atoms with Crippen LogP contribution in [0.15, 0.2) is 39.0 Å². The number of nitrogen functional groups attached to an aromatic ring is 1. The highest BCUT2D eigenvalue weighted by atomic mass is 79.9. The lowest BCUT2D eigenvalue weighted by Gasteiger charge is -2.18. The molecule has 0 aliphatic carbocycles. The van der Waals surface area contributed by atoms with Gasteiger partial charge in [-0.15, -0.1) is 11.3 Å². The molecule has 0 unspecified atom stereocenters. The lowest BCUT2D eigenvalue weighted by atomic mass is 10.3. The summed E-state index contributed by atoms with van der Waals surface area (Å²) < 4.78 is 27.2. The Morgan fingerprint density at radius 1 is 1.45 bits per heavy atom. The van der Waals surface area contributed by atoms with Crippen molar-refractivity contribution in [2.75, 3.05) is 12.8 Å². The number of anilines is 1. The van der Waals surface area contributed by atoms with Gasteiger partial charge in [-0.05, 0) is 34.1 Å². The van der Waals surface area contributed by atoms with Crippen LogP contribution in [-0.2, 0) is 16.6 Å². The minimum absolute atomic E-state index is 0.0419. The molecule has 0 amide bonds. The molecule has 0 atom stereocenters. The Bertz CT molecular complexity index is 711. The number of hydrogen-bond donors (Lipinski definition) is 1. The fraction of sp³-hybridized carbons (Fsp3) is 0.167. The number of sulfonamides is 1. The first-order valence-corrected chi connectivity index (χ1v) is 9.04. The highest BCUT2D eigenvalue weighted by molar-refractivity contribution is 9.10. The summed E-state index contributed by atoms with van der Waals surface area (Å²) in [5.41, 5.74) is 5.90. The highest BCUT2D eigenvalue weighted by Crippen LogP contribution is 2.30. The topological polar surface area (TPSA) is 63.4 Å². The van der Waals surface area contributed by atoms with E-state index in [-0.39, 0.29) is 22.2 Å². The monoisotopic (exact) mass is 394 g/mol. The van der Waals surface area contributed by atoms with E-state index in [0.29, 0.717) is 0 Å². The smallest absolute Gasteiger partial charge is 0.246 e. The summed E-state index contributed by atoms with van der Waals surface area (Å²) in [6.07, 6.45) is 0. The Balaban J connectivity index is 2.35. The third-order valence-corrected chi connectivity index (χ3v) is 6.70. The van der Waals surface area contributed by atoms with Gasteiger partial charge in [0.05, 0.1) is 10.7 Å². The first kappa shape index (κ1) is 15.8. The van der Waals surface area contributed by atoms with Crippen molar-refractivity contribution in [2.24, 2.45) is 0 Å². The molecule has 2 N–H and O–H groups in total. The van der Waals surface area contributed by atoms with Gasteiger partial charge >= 0.3 is 0 Å². The van der Waals surface area contributed by atoms with Crippen LogP contribution in [0.3, 0.4) is 0 Å². The average Bonchev–Trinajstić information content (AvgIpc) is 2.74. The van der Waals surface area contributed by atoms with Crippen LogP contribution >= 0.6 is 38.9 Å². The summed E-state index contributed by atoms with van der Waals surface area (Å²) in [5.74, 6) is 0. The minimum Gasteiger partial charge on any atom is -0.398 e. The Labute approximate surface area is 135 Å². The maximum Gasteiger partial charge on any atom is 0.246 e. The van der Waals surface area contributed by atoms with Crippen molar-refractivity contribution >= 4 is 54.6 Å². The molecule has 0 spiro atoms. The summed E-state index contributed by atoms with van der Waals surface area (Å²) in [6, 6.07) is 6.54. The van der Waals surface area contributed by atoms with E-state index < -0.39 is 10.0 Å². The van der Waals surface area contributed by atoms with Crippen LogP contribution in [0, 0.1) is 0 Å². The number of benzene rings is 1. The molecule has 0 fully saturated rings. The minimum atomic E-state index is -3.72. The van der Waals surface area contributed by atoms with E-state index in [1.54, 1.807) is 6.07 Å². The largest absolute Gasteiger partial charge is 0.398 e. The average molecular weight is 396 g/mol.